The molecule has 0 bridgehead atoms. The number of aryl methyl sites for hydroxylation is 1. The zero-order valence-corrected chi connectivity index (χ0v) is 11.5. The van der Waals surface area contributed by atoms with Gasteiger partial charge in [0.25, 0.3) is 0 Å². The molecule has 96 valence electrons. The Balaban J connectivity index is 1.86. The van der Waals surface area contributed by atoms with Gasteiger partial charge in [0.05, 0.1) is 10.5 Å². The zero-order chi connectivity index (χ0) is 13.2. The molecule has 0 aliphatic rings. The van der Waals surface area contributed by atoms with Crippen molar-refractivity contribution in [2.45, 2.75) is 19.4 Å². The van der Waals surface area contributed by atoms with Gasteiger partial charge in [0.15, 0.2) is 0 Å². The maximum Gasteiger partial charge on any atom is 0.0947 e. The van der Waals surface area contributed by atoms with Crippen LogP contribution in [-0.4, -0.2) is 9.97 Å². The van der Waals surface area contributed by atoms with Crippen molar-refractivity contribution >= 4 is 22.2 Å². The van der Waals surface area contributed by atoms with Gasteiger partial charge in [-0.2, -0.15) is 0 Å². The van der Waals surface area contributed by atoms with E-state index in [0.717, 1.165) is 33.6 Å². The summed E-state index contributed by atoms with van der Waals surface area (Å²) < 4.78 is 0. The van der Waals surface area contributed by atoms with Gasteiger partial charge < -0.3 is 5.73 Å². The molecule has 0 amide bonds. The molecule has 2 N–H and O–H groups in total. The molecule has 0 aliphatic carbocycles. The van der Waals surface area contributed by atoms with Crippen LogP contribution in [0.5, 0.6) is 0 Å². The predicted octanol–water partition coefficient (Wildman–Crippen LogP) is 3.24. The van der Waals surface area contributed by atoms with Gasteiger partial charge in [-0.3, -0.25) is 4.98 Å². The lowest BCUT2D eigenvalue weighted by molar-refractivity contribution is 0.717. The fourth-order valence-electron chi connectivity index (χ4n) is 2.13. The highest BCUT2D eigenvalue weighted by atomic mass is 32.1. The van der Waals surface area contributed by atoms with Crippen molar-refractivity contribution in [3.63, 3.8) is 0 Å². The fraction of sp³-hybridized carbons (Fsp3) is 0.200. The summed E-state index contributed by atoms with van der Waals surface area (Å²) in [6.07, 6.45) is 2.59. The Labute approximate surface area is 116 Å². The monoisotopic (exact) mass is 269 g/mol. The van der Waals surface area contributed by atoms with E-state index in [1.807, 2.05) is 19.1 Å². The van der Waals surface area contributed by atoms with E-state index in [1.54, 1.807) is 17.5 Å². The molecule has 4 heteroatoms. The van der Waals surface area contributed by atoms with Crippen molar-refractivity contribution in [3.05, 3.63) is 58.2 Å². The Kier molecular flexibility index (Phi) is 3.27. The molecule has 0 radical (unpaired) electrons. The first kappa shape index (κ1) is 12.3. The first-order valence-electron chi connectivity index (χ1n) is 6.23. The quantitative estimate of drug-likeness (QED) is 0.794. The Bertz CT molecular complexity index is 705. The van der Waals surface area contributed by atoms with Crippen LogP contribution in [-0.2, 0) is 6.42 Å². The van der Waals surface area contributed by atoms with Crippen molar-refractivity contribution in [1.29, 1.82) is 0 Å². The van der Waals surface area contributed by atoms with Crippen LogP contribution in [0.15, 0.2) is 41.9 Å². The first-order chi connectivity index (χ1) is 9.22. The summed E-state index contributed by atoms with van der Waals surface area (Å²) in [6, 6.07) is 10.2. The topological polar surface area (TPSA) is 51.8 Å². The lowest BCUT2D eigenvalue weighted by Crippen LogP contribution is -2.13. The number of rotatable bonds is 3. The number of hydrogen-bond acceptors (Lipinski definition) is 4. The molecule has 3 nitrogen and oxygen atoms in total. The standard InChI is InChI=1S/C15H15N3S/c1-10-9-19-15(18-10)8-13(16)11-4-5-14-12(7-11)3-2-6-17-14/h2-7,9,13H,8,16H2,1H3. The maximum absolute atomic E-state index is 6.27. The van der Waals surface area contributed by atoms with Gasteiger partial charge in [-0.15, -0.1) is 11.3 Å². The van der Waals surface area contributed by atoms with Gasteiger partial charge in [0, 0.05) is 35.1 Å². The third-order valence-electron chi connectivity index (χ3n) is 3.12. The lowest BCUT2D eigenvalue weighted by Gasteiger charge is -2.11. The average Bonchev–Trinajstić information content (AvgIpc) is 2.83. The molecular weight excluding hydrogens is 254 g/mol. The molecule has 2 aromatic heterocycles. The summed E-state index contributed by atoms with van der Waals surface area (Å²) in [7, 11) is 0. The minimum Gasteiger partial charge on any atom is -0.324 e. The molecule has 0 fully saturated rings. The normalized spacial score (nSPS) is 12.7. The number of nitrogens with zero attached hydrogens (tertiary/aromatic N) is 2. The van der Waals surface area contributed by atoms with Crippen molar-refractivity contribution in [1.82, 2.24) is 9.97 Å². The second-order valence-corrected chi connectivity index (χ2v) is 5.59. The van der Waals surface area contributed by atoms with E-state index >= 15 is 0 Å². The summed E-state index contributed by atoms with van der Waals surface area (Å²) in [5.74, 6) is 0. The Morgan fingerprint density at radius 3 is 3.00 bits per heavy atom. The minimum atomic E-state index is -0.0184. The van der Waals surface area contributed by atoms with E-state index in [4.69, 9.17) is 5.73 Å². The molecule has 3 rings (SSSR count). The molecule has 3 aromatic rings. The summed E-state index contributed by atoms with van der Waals surface area (Å²) in [4.78, 5) is 8.78. The SMILES string of the molecule is Cc1csc(CC(N)c2ccc3ncccc3c2)n1. The highest BCUT2D eigenvalue weighted by Gasteiger charge is 2.10. The molecule has 0 spiro atoms. The number of fused-ring (bicyclic) bond motifs is 1. The molecule has 0 saturated heterocycles. The van der Waals surface area contributed by atoms with Gasteiger partial charge in [0.2, 0.25) is 0 Å². The molecule has 0 saturated carbocycles. The number of benzene rings is 1. The molecule has 19 heavy (non-hydrogen) atoms. The summed E-state index contributed by atoms with van der Waals surface area (Å²) >= 11 is 1.67. The number of pyridine rings is 1. The molecule has 1 atom stereocenters. The van der Waals surface area contributed by atoms with Crippen molar-refractivity contribution < 1.29 is 0 Å². The molecule has 0 aliphatic heterocycles. The minimum absolute atomic E-state index is 0.0184. The van der Waals surface area contributed by atoms with Crippen LogP contribution in [0.25, 0.3) is 10.9 Å². The molecule has 1 unspecified atom stereocenters. The van der Waals surface area contributed by atoms with Crippen molar-refractivity contribution in [3.8, 4) is 0 Å². The maximum atomic E-state index is 6.27. The highest BCUT2D eigenvalue weighted by molar-refractivity contribution is 7.09. The second-order valence-electron chi connectivity index (χ2n) is 4.65. The van der Waals surface area contributed by atoms with Crippen molar-refractivity contribution in [2.24, 2.45) is 5.73 Å². The first-order valence-corrected chi connectivity index (χ1v) is 7.11. The summed E-state index contributed by atoms with van der Waals surface area (Å²) in [5, 5.41) is 4.29. The van der Waals surface area contributed by atoms with E-state index in [-0.39, 0.29) is 6.04 Å². The van der Waals surface area contributed by atoms with Crippen LogP contribution in [0.4, 0.5) is 0 Å². The smallest absolute Gasteiger partial charge is 0.0947 e. The number of aromatic nitrogens is 2. The number of thiazole rings is 1. The third kappa shape index (κ3) is 2.64. The van der Waals surface area contributed by atoms with Gasteiger partial charge in [-0.05, 0) is 30.7 Å². The Morgan fingerprint density at radius 2 is 2.21 bits per heavy atom. The van der Waals surface area contributed by atoms with E-state index in [1.165, 1.54) is 0 Å². The molecular formula is C15H15N3S. The van der Waals surface area contributed by atoms with Crippen LogP contribution in [0, 0.1) is 6.92 Å². The van der Waals surface area contributed by atoms with Gasteiger partial charge in [0.1, 0.15) is 0 Å². The van der Waals surface area contributed by atoms with E-state index in [0.29, 0.717) is 0 Å². The van der Waals surface area contributed by atoms with Crippen LogP contribution < -0.4 is 5.73 Å². The van der Waals surface area contributed by atoms with Crippen LogP contribution >= 0.6 is 11.3 Å². The van der Waals surface area contributed by atoms with Crippen LogP contribution in [0.2, 0.25) is 0 Å². The molecule has 2 heterocycles. The largest absolute Gasteiger partial charge is 0.324 e. The van der Waals surface area contributed by atoms with E-state index in [9.17, 15) is 0 Å². The van der Waals surface area contributed by atoms with Gasteiger partial charge >= 0.3 is 0 Å². The summed E-state index contributed by atoms with van der Waals surface area (Å²) in [5.41, 5.74) is 9.47. The van der Waals surface area contributed by atoms with E-state index < -0.39 is 0 Å². The number of nitrogens with two attached hydrogens (primary N) is 1. The average molecular weight is 269 g/mol. The fourth-order valence-corrected chi connectivity index (χ4v) is 2.96. The summed E-state index contributed by atoms with van der Waals surface area (Å²) in [6.45, 7) is 2.01. The second kappa shape index (κ2) is 5.07. The van der Waals surface area contributed by atoms with Crippen molar-refractivity contribution in [2.75, 3.05) is 0 Å². The number of hydrogen-bond donors (Lipinski definition) is 1. The molecule has 1 aromatic carbocycles. The predicted molar refractivity (Wildman–Crippen MR) is 79.2 cm³/mol. The lowest BCUT2D eigenvalue weighted by atomic mass is 10.0. The van der Waals surface area contributed by atoms with Gasteiger partial charge in [-0.1, -0.05) is 12.1 Å². The Morgan fingerprint density at radius 1 is 1.32 bits per heavy atom. The third-order valence-corrected chi connectivity index (χ3v) is 4.11. The van der Waals surface area contributed by atoms with E-state index in [2.05, 4.69) is 33.5 Å². The van der Waals surface area contributed by atoms with Crippen LogP contribution in [0.3, 0.4) is 0 Å². The Hall–Kier alpha value is -1.78. The van der Waals surface area contributed by atoms with Crippen LogP contribution in [0.1, 0.15) is 22.3 Å². The van der Waals surface area contributed by atoms with Gasteiger partial charge in [-0.25, -0.2) is 4.98 Å². The highest BCUT2D eigenvalue weighted by Crippen LogP contribution is 2.22. The zero-order valence-electron chi connectivity index (χ0n) is 10.7.